The van der Waals surface area contributed by atoms with Gasteiger partial charge in [0.1, 0.15) is 0 Å². The zero-order chi connectivity index (χ0) is 11.3. The maximum atomic E-state index is 11.3. The van der Waals surface area contributed by atoms with Crippen molar-refractivity contribution in [3.05, 3.63) is 0 Å². The smallest absolute Gasteiger partial charge is 0.319 e. The lowest BCUT2D eigenvalue weighted by atomic mass is 10.1. The molecule has 0 aromatic rings. The molecular weight excluding hydrogens is 190 g/mol. The number of methoxy groups -OCH3 is 1. The average molecular weight is 213 g/mol. The average Bonchev–Trinajstić information content (AvgIpc) is 2.77. The van der Waals surface area contributed by atoms with Gasteiger partial charge in [0.25, 0.3) is 0 Å². The molecule has 15 heavy (non-hydrogen) atoms. The second-order valence-electron chi connectivity index (χ2n) is 4.44. The van der Waals surface area contributed by atoms with Crippen molar-refractivity contribution in [1.29, 1.82) is 0 Å². The predicted molar refractivity (Wildman–Crippen MR) is 60.7 cm³/mol. The van der Waals surface area contributed by atoms with Crippen LogP contribution >= 0.6 is 0 Å². The standard InChI is InChI=1S/C12H23NO2/c1-4-10(2)13(9-12(14)15-3)11-7-5-6-8-11/h10-11H,4-9H2,1-3H3. The van der Waals surface area contributed by atoms with Crippen LogP contribution in [0, 0.1) is 0 Å². The van der Waals surface area contributed by atoms with E-state index in [2.05, 4.69) is 18.7 Å². The van der Waals surface area contributed by atoms with Crippen LogP contribution in [0.4, 0.5) is 0 Å². The lowest BCUT2D eigenvalue weighted by Crippen LogP contribution is -2.43. The fourth-order valence-electron chi connectivity index (χ4n) is 2.33. The Morgan fingerprint density at radius 3 is 2.53 bits per heavy atom. The summed E-state index contributed by atoms with van der Waals surface area (Å²) >= 11 is 0. The monoisotopic (exact) mass is 213 g/mol. The number of hydrogen-bond donors (Lipinski definition) is 0. The molecule has 1 rings (SSSR count). The minimum Gasteiger partial charge on any atom is -0.468 e. The third-order valence-electron chi connectivity index (χ3n) is 3.49. The summed E-state index contributed by atoms with van der Waals surface area (Å²) in [7, 11) is 1.46. The van der Waals surface area contributed by atoms with Gasteiger partial charge in [-0.1, -0.05) is 19.8 Å². The Morgan fingerprint density at radius 1 is 1.47 bits per heavy atom. The number of carbonyl (C=O) groups excluding carboxylic acids is 1. The van der Waals surface area contributed by atoms with Crippen LogP contribution in [0.2, 0.25) is 0 Å². The van der Waals surface area contributed by atoms with Crippen LogP contribution in [0.25, 0.3) is 0 Å². The van der Waals surface area contributed by atoms with E-state index in [1.807, 2.05) is 0 Å². The largest absolute Gasteiger partial charge is 0.468 e. The molecule has 1 saturated carbocycles. The van der Waals surface area contributed by atoms with Gasteiger partial charge in [-0.2, -0.15) is 0 Å². The summed E-state index contributed by atoms with van der Waals surface area (Å²) in [5.41, 5.74) is 0. The van der Waals surface area contributed by atoms with Gasteiger partial charge in [0.05, 0.1) is 13.7 Å². The topological polar surface area (TPSA) is 29.5 Å². The molecule has 0 saturated heterocycles. The highest BCUT2D eigenvalue weighted by molar-refractivity contribution is 5.71. The molecule has 0 aromatic carbocycles. The third kappa shape index (κ3) is 3.49. The molecule has 1 aliphatic carbocycles. The highest BCUT2D eigenvalue weighted by atomic mass is 16.5. The van der Waals surface area contributed by atoms with Crippen LogP contribution in [0.5, 0.6) is 0 Å². The van der Waals surface area contributed by atoms with Gasteiger partial charge in [-0.25, -0.2) is 0 Å². The second kappa shape index (κ2) is 6.11. The highest BCUT2D eigenvalue weighted by Gasteiger charge is 2.27. The van der Waals surface area contributed by atoms with E-state index in [0.717, 1.165) is 6.42 Å². The van der Waals surface area contributed by atoms with Crippen molar-refractivity contribution in [3.8, 4) is 0 Å². The number of ether oxygens (including phenoxy) is 1. The molecule has 0 N–H and O–H groups in total. The maximum Gasteiger partial charge on any atom is 0.319 e. The Kier molecular flexibility index (Phi) is 5.09. The van der Waals surface area contributed by atoms with Crippen molar-refractivity contribution in [1.82, 2.24) is 4.90 Å². The molecule has 1 aliphatic rings. The van der Waals surface area contributed by atoms with Gasteiger partial charge in [-0.15, -0.1) is 0 Å². The molecule has 1 fully saturated rings. The summed E-state index contributed by atoms with van der Waals surface area (Å²) in [5, 5.41) is 0. The Hall–Kier alpha value is -0.570. The van der Waals surface area contributed by atoms with E-state index < -0.39 is 0 Å². The zero-order valence-electron chi connectivity index (χ0n) is 10.2. The Morgan fingerprint density at radius 2 is 2.07 bits per heavy atom. The number of nitrogens with zero attached hydrogens (tertiary/aromatic N) is 1. The van der Waals surface area contributed by atoms with E-state index in [1.165, 1.54) is 32.8 Å². The molecule has 0 amide bonds. The number of rotatable bonds is 5. The summed E-state index contributed by atoms with van der Waals surface area (Å²) in [4.78, 5) is 13.7. The van der Waals surface area contributed by atoms with E-state index in [-0.39, 0.29) is 5.97 Å². The fourth-order valence-corrected chi connectivity index (χ4v) is 2.33. The Labute approximate surface area is 92.8 Å². The third-order valence-corrected chi connectivity index (χ3v) is 3.49. The van der Waals surface area contributed by atoms with Crippen LogP contribution in [0.15, 0.2) is 0 Å². The summed E-state index contributed by atoms with van der Waals surface area (Å²) < 4.78 is 4.75. The van der Waals surface area contributed by atoms with Gasteiger partial charge in [0.2, 0.25) is 0 Å². The van der Waals surface area contributed by atoms with E-state index in [4.69, 9.17) is 4.74 Å². The van der Waals surface area contributed by atoms with Crippen LogP contribution in [-0.2, 0) is 9.53 Å². The first-order valence-electron chi connectivity index (χ1n) is 6.01. The van der Waals surface area contributed by atoms with E-state index in [9.17, 15) is 4.79 Å². The molecule has 0 radical (unpaired) electrons. The van der Waals surface area contributed by atoms with Gasteiger partial charge in [0, 0.05) is 12.1 Å². The first-order valence-corrected chi connectivity index (χ1v) is 6.01. The first kappa shape index (κ1) is 12.5. The van der Waals surface area contributed by atoms with Gasteiger partial charge >= 0.3 is 5.97 Å². The van der Waals surface area contributed by atoms with Crippen LogP contribution in [-0.4, -0.2) is 36.6 Å². The fraction of sp³-hybridized carbons (Fsp3) is 0.917. The SMILES string of the molecule is CCC(C)N(CC(=O)OC)C1CCCC1. The molecule has 0 heterocycles. The lowest BCUT2D eigenvalue weighted by Gasteiger charge is -2.32. The first-order chi connectivity index (χ1) is 7.19. The maximum absolute atomic E-state index is 11.3. The molecule has 1 atom stereocenters. The molecule has 1 unspecified atom stereocenters. The summed E-state index contributed by atoms with van der Waals surface area (Å²) in [6.45, 7) is 4.82. The molecule has 3 nitrogen and oxygen atoms in total. The van der Waals surface area contributed by atoms with Crippen LogP contribution in [0.1, 0.15) is 46.0 Å². The van der Waals surface area contributed by atoms with E-state index in [1.54, 1.807) is 0 Å². The quantitative estimate of drug-likeness (QED) is 0.656. The molecule has 0 bridgehead atoms. The highest BCUT2D eigenvalue weighted by Crippen LogP contribution is 2.25. The summed E-state index contributed by atoms with van der Waals surface area (Å²) in [6, 6.07) is 1.08. The molecule has 0 aliphatic heterocycles. The van der Waals surface area contributed by atoms with Crippen molar-refractivity contribution in [2.24, 2.45) is 0 Å². The van der Waals surface area contributed by atoms with Gasteiger partial charge in [0.15, 0.2) is 0 Å². The number of carbonyl (C=O) groups is 1. The van der Waals surface area contributed by atoms with Crippen molar-refractivity contribution in [3.63, 3.8) is 0 Å². The van der Waals surface area contributed by atoms with Crippen molar-refractivity contribution in [2.75, 3.05) is 13.7 Å². The second-order valence-corrected chi connectivity index (χ2v) is 4.44. The van der Waals surface area contributed by atoms with Crippen molar-refractivity contribution < 1.29 is 9.53 Å². The van der Waals surface area contributed by atoms with Crippen LogP contribution in [0.3, 0.4) is 0 Å². The normalized spacial score (nSPS) is 19.5. The minimum absolute atomic E-state index is 0.109. The predicted octanol–water partition coefficient (Wildman–Crippen LogP) is 2.20. The number of esters is 1. The van der Waals surface area contributed by atoms with E-state index in [0.29, 0.717) is 18.6 Å². The van der Waals surface area contributed by atoms with Gasteiger partial charge < -0.3 is 4.74 Å². The Balaban J connectivity index is 2.55. The number of hydrogen-bond acceptors (Lipinski definition) is 3. The van der Waals surface area contributed by atoms with E-state index >= 15 is 0 Å². The van der Waals surface area contributed by atoms with Gasteiger partial charge in [-0.3, -0.25) is 9.69 Å². The molecular formula is C12H23NO2. The van der Waals surface area contributed by atoms with Crippen molar-refractivity contribution >= 4 is 5.97 Å². The zero-order valence-corrected chi connectivity index (χ0v) is 10.2. The summed E-state index contributed by atoms with van der Waals surface area (Å²) in [5.74, 6) is -0.109. The Bertz CT molecular complexity index is 200. The molecule has 3 heteroatoms. The molecule has 0 aromatic heterocycles. The van der Waals surface area contributed by atoms with Gasteiger partial charge in [-0.05, 0) is 26.2 Å². The molecule has 88 valence electrons. The van der Waals surface area contributed by atoms with Crippen LogP contribution < -0.4 is 0 Å². The summed E-state index contributed by atoms with van der Waals surface area (Å²) in [6.07, 6.45) is 6.17. The van der Waals surface area contributed by atoms with Crippen molar-refractivity contribution in [2.45, 2.75) is 58.0 Å². The molecule has 0 spiro atoms. The minimum atomic E-state index is -0.109. The lowest BCUT2D eigenvalue weighted by molar-refractivity contribution is -0.143.